The lowest BCUT2D eigenvalue weighted by molar-refractivity contribution is -0.150. The maximum absolute atomic E-state index is 12.4. The van der Waals surface area contributed by atoms with E-state index in [9.17, 15) is 4.79 Å². The van der Waals surface area contributed by atoms with E-state index in [2.05, 4.69) is 71.3 Å². The van der Waals surface area contributed by atoms with Gasteiger partial charge in [0.05, 0.1) is 7.11 Å². The van der Waals surface area contributed by atoms with E-state index >= 15 is 0 Å². The van der Waals surface area contributed by atoms with Crippen molar-refractivity contribution in [3.63, 3.8) is 0 Å². The zero-order chi connectivity index (χ0) is 28.8. The number of carbonyl (C=O) groups excluding carboxylic acids is 1. The second-order valence-corrected chi connectivity index (χ2v) is 10.2. The van der Waals surface area contributed by atoms with Crippen LogP contribution in [0.25, 0.3) is 11.5 Å². The smallest absolute Gasteiger partial charge is 0.324 e. The summed E-state index contributed by atoms with van der Waals surface area (Å²) in [4.78, 5) is 39.3. The van der Waals surface area contributed by atoms with Gasteiger partial charge in [-0.15, -0.1) is 0 Å². The summed E-state index contributed by atoms with van der Waals surface area (Å²) >= 11 is 0. The number of rotatable bonds is 9. The van der Waals surface area contributed by atoms with Crippen LogP contribution in [-0.4, -0.2) is 79.5 Å². The second-order valence-electron chi connectivity index (χ2n) is 10.2. The van der Waals surface area contributed by atoms with Gasteiger partial charge >= 0.3 is 5.97 Å². The first-order valence-electron chi connectivity index (χ1n) is 13.7. The van der Waals surface area contributed by atoms with Crippen LogP contribution in [0.15, 0.2) is 67.0 Å². The number of benzene rings is 1. The minimum Gasteiger partial charge on any atom is -0.468 e. The lowest BCUT2D eigenvalue weighted by atomic mass is 10.1. The summed E-state index contributed by atoms with van der Waals surface area (Å²) in [6, 6.07) is 17.5. The van der Waals surface area contributed by atoms with Crippen molar-refractivity contribution in [2.75, 3.05) is 37.4 Å². The van der Waals surface area contributed by atoms with Crippen molar-refractivity contribution < 1.29 is 9.53 Å². The number of piperazine rings is 1. The fourth-order valence-electron chi connectivity index (χ4n) is 4.88. The number of methoxy groups -OCH3 is 1. The van der Waals surface area contributed by atoms with Gasteiger partial charge in [0.1, 0.15) is 23.4 Å². The van der Waals surface area contributed by atoms with Crippen molar-refractivity contribution in [2.45, 2.75) is 39.4 Å². The molecule has 2 N–H and O–H groups in total. The summed E-state index contributed by atoms with van der Waals surface area (Å²) < 4.78 is 5.07. The fourth-order valence-corrected chi connectivity index (χ4v) is 4.88. The Labute approximate surface area is 240 Å². The molecule has 4 heterocycles. The number of hydrogen-bond donors (Lipinski definition) is 2. The SMILES string of the molecule is COC(=O)C1CN(Cc2ccc(Nc3nccc(Nc4ccnc(-c5cccc(C)n5)n4)n3)cc2)CCN1C(C)C. The molecule has 212 valence electrons. The Bertz CT molecular complexity index is 1480. The maximum atomic E-state index is 12.4. The molecule has 0 amide bonds. The zero-order valence-electron chi connectivity index (χ0n) is 23.8. The van der Waals surface area contributed by atoms with Crippen molar-refractivity contribution in [3.05, 3.63) is 78.2 Å². The third-order valence-corrected chi connectivity index (χ3v) is 6.94. The minimum absolute atomic E-state index is 0.178. The number of ether oxygens (including phenoxy) is 1. The average Bonchev–Trinajstić information content (AvgIpc) is 2.98. The summed E-state index contributed by atoms with van der Waals surface area (Å²) in [5.74, 6) is 2.03. The van der Waals surface area contributed by atoms with Gasteiger partial charge in [0, 0.05) is 56.0 Å². The number of nitrogens with zero attached hydrogens (tertiary/aromatic N) is 7. The summed E-state index contributed by atoms with van der Waals surface area (Å²) in [6.07, 6.45) is 3.38. The Morgan fingerprint density at radius 3 is 2.44 bits per heavy atom. The van der Waals surface area contributed by atoms with E-state index in [0.717, 1.165) is 36.6 Å². The first-order chi connectivity index (χ1) is 19.9. The van der Waals surface area contributed by atoms with Gasteiger partial charge < -0.3 is 15.4 Å². The van der Waals surface area contributed by atoms with Crippen LogP contribution < -0.4 is 10.6 Å². The van der Waals surface area contributed by atoms with Gasteiger partial charge in [0.2, 0.25) is 5.95 Å². The molecule has 1 aliphatic rings. The molecule has 1 atom stereocenters. The molecule has 0 aliphatic carbocycles. The van der Waals surface area contributed by atoms with Gasteiger partial charge in [-0.25, -0.2) is 19.9 Å². The molecular weight excluding hydrogens is 518 g/mol. The van der Waals surface area contributed by atoms with E-state index in [1.54, 1.807) is 24.5 Å². The summed E-state index contributed by atoms with van der Waals surface area (Å²) in [7, 11) is 1.46. The Morgan fingerprint density at radius 1 is 0.951 bits per heavy atom. The Balaban J connectivity index is 1.20. The zero-order valence-corrected chi connectivity index (χ0v) is 23.8. The number of nitrogens with one attached hydrogen (secondary N) is 2. The van der Waals surface area contributed by atoms with Crippen LogP contribution in [0.4, 0.5) is 23.3 Å². The van der Waals surface area contributed by atoms with Gasteiger partial charge in [-0.3, -0.25) is 14.6 Å². The van der Waals surface area contributed by atoms with Gasteiger partial charge in [0.15, 0.2) is 5.82 Å². The molecule has 5 rings (SSSR count). The normalized spacial score (nSPS) is 16.0. The molecular formula is C30H35N9O2. The molecule has 1 saturated heterocycles. The number of aromatic nitrogens is 5. The van der Waals surface area contributed by atoms with E-state index in [0.29, 0.717) is 35.6 Å². The Hall–Kier alpha value is -4.48. The van der Waals surface area contributed by atoms with E-state index < -0.39 is 0 Å². The van der Waals surface area contributed by atoms with E-state index in [1.807, 2.05) is 37.3 Å². The van der Waals surface area contributed by atoms with Crippen molar-refractivity contribution in [1.29, 1.82) is 0 Å². The number of hydrogen-bond acceptors (Lipinski definition) is 11. The van der Waals surface area contributed by atoms with E-state index in [1.165, 1.54) is 7.11 Å². The Kier molecular flexibility index (Phi) is 8.76. The van der Waals surface area contributed by atoms with Crippen LogP contribution >= 0.6 is 0 Å². The van der Waals surface area contributed by atoms with Crippen LogP contribution in [0.3, 0.4) is 0 Å². The lowest BCUT2D eigenvalue weighted by Gasteiger charge is -2.42. The molecule has 41 heavy (non-hydrogen) atoms. The minimum atomic E-state index is -0.249. The van der Waals surface area contributed by atoms with Crippen molar-refractivity contribution >= 4 is 29.2 Å². The molecule has 11 heteroatoms. The van der Waals surface area contributed by atoms with Gasteiger partial charge in [-0.05, 0) is 62.7 Å². The summed E-state index contributed by atoms with van der Waals surface area (Å²) in [6.45, 7) is 9.30. The highest BCUT2D eigenvalue weighted by Crippen LogP contribution is 2.21. The monoisotopic (exact) mass is 553 g/mol. The summed E-state index contributed by atoms with van der Waals surface area (Å²) in [5, 5.41) is 6.49. The molecule has 1 unspecified atom stereocenters. The number of carbonyl (C=O) groups is 1. The number of pyridine rings is 1. The quantitative estimate of drug-likeness (QED) is 0.290. The second kappa shape index (κ2) is 12.8. The van der Waals surface area contributed by atoms with Crippen LogP contribution in [0, 0.1) is 6.92 Å². The van der Waals surface area contributed by atoms with Crippen molar-refractivity contribution in [1.82, 2.24) is 34.7 Å². The first-order valence-corrected chi connectivity index (χ1v) is 13.7. The predicted octanol–water partition coefficient (Wildman–Crippen LogP) is 4.19. The predicted molar refractivity (Wildman–Crippen MR) is 158 cm³/mol. The molecule has 11 nitrogen and oxygen atoms in total. The van der Waals surface area contributed by atoms with Crippen LogP contribution in [-0.2, 0) is 16.1 Å². The van der Waals surface area contributed by atoms with Crippen LogP contribution in [0.2, 0.25) is 0 Å². The topological polar surface area (TPSA) is 121 Å². The maximum Gasteiger partial charge on any atom is 0.324 e. The molecule has 0 spiro atoms. The van der Waals surface area contributed by atoms with Crippen molar-refractivity contribution in [3.8, 4) is 11.5 Å². The number of anilines is 4. The van der Waals surface area contributed by atoms with Gasteiger partial charge in [-0.1, -0.05) is 18.2 Å². The molecule has 1 aromatic carbocycles. The molecule has 1 fully saturated rings. The Morgan fingerprint density at radius 2 is 1.71 bits per heavy atom. The average molecular weight is 554 g/mol. The molecule has 0 bridgehead atoms. The fraction of sp³-hybridized carbons (Fsp3) is 0.333. The molecule has 1 aliphatic heterocycles. The largest absolute Gasteiger partial charge is 0.468 e. The van der Waals surface area contributed by atoms with Gasteiger partial charge in [-0.2, -0.15) is 4.98 Å². The lowest BCUT2D eigenvalue weighted by Crippen LogP contribution is -2.58. The highest BCUT2D eigenvalue weighted by molar-refractivity contribution is 5.76. The van der Waals surface area contributed by atoms with E-state index in [-0.39, 0.29) is 18.1 Å². The van der Waals surface area contributed by atoms with E-state index in [4.69, 9.17) is 4.74 Å². The molecule has 0 saturated carbocycles. The molecule has 0 radical (unpaired) electrons. The third-order valence-electron chi connectivity index (χ3n) is 6.94. The first kappa shape index (κ1) is 28.1. The van der Waals surface area contributed by atoms with Gasteiger partial charge in [0.25, 0.3) is 0 Å². The molecule has 3 aromatic heterocycles. The summed E-state index contributed by atoms with van der Waals surface area (Å²) in [5.41, 5.74) is 3.65. The number of aryl methyl sites for hydroxylation is 1. The highest BCUT2D eigenvalue weighted by atomic mass is 16.5. The van der Waals surface area contributed by atoms with Crippen LogP contribution in [0.5, 0.6) is 0 Å². The molecule has 4 aromatic rings. The highest BCUT2D eigenvalue weighted by Gasteiger charge is 2.34. The standard InChI is InChI=1S/C30H35N9O2/c1-20(2)39-17-16-38(19-25(39)29(40)41-4)18-22-8-10-23(11-9-22)34-30-32-15-13-27(37-30)35-26-12-14-31-28(36-26)24-7-5-6-21(3)33-24/h5-15,20,25H,16-19H2,1-4H3,(H2,31,32,34,35,36,37). The van der Waals surface area contributed by atoms with Crippen LogP contribution in [0.1, 0.15) is 25.1 Å². The van der Waals surface area contributed by atoms with Crippen molar-refractivity contribution in [2.24, 2.45) is 0 Å². The third kappa shape index (κ3) is 7.19. The number of esters is 1.